The second-order valence-electron chi connectivity index (χ2n) is 3.29. The molecule has 1 aromatic carbocycles. The largest absolute Gasteiger partial charge is 0.479 e. The van der Waals surface area contributed by atoms with E-state index in [0.29, 0.717) is 10.9 Å². The van der Waals surface area contributed by atoms with Crippen LogP contribution in [0.5, 0.6) is 0 Å². The van der Waals surface area contributed by atoms with Crippen LogP contribution < -0.4 is 0 Å². The third-order valence-electron chi connectivity index (χ3n) is 2.31. The van der Waals surface area contributed by atoms with Crippen LogP contribution in [0.15, 0.2) is 23.6 Å². The minimum Gasteiger partial charge on any atom is -0.479 e. The topological polar surface area (TPSA) is 46.5 Å². The molecule has 1 heterocycles. The predicted octanol–water partition coefficient (Wildman–Crippen LogP) is 2.81. The molecule has 0 amide bonds. The Labute approximate surface area is 95.1 Å². The zero-order valence-electron chi connectivity index (χ0n) is 8.44. The molecule has 2 aromatic rings. The average Bonchev–Trinajstić information content (AvgIpc) is 2.62. The normalized spacial score (nSPS) is 12.9. The van der Waals surface area contributed by atoms with E-state index in [1.54, 1.807) is 11.4 Å². The Balaban J connectivity index is 2.59. The third kappa shape index (κ3) is 1.79. The van der Waals surface area contributed by atoms with E-state index in [1.165, 1.54) is 30.6 Å². The molecule has 0 saturated heterocycles. The van der Waals surface area contributed by atoms with Crippen molar-refractivity contribution in [1.82, 2.24) is 0 Å². The molecular weight excluding hydrogens is 231 g/mol. The summed E-state index contributed by atoms with van der Waals surface area (Å²) in [6.45, 7) is 0. The first kappa shape index (κ1) is 11.0. The lowest BCUT2D eigenvalue weighted by molar-refractivity contribution is -0.148. The van der Waals surface area contributed by atoms with Crippen LogP contribution in [-0.4, -0.2) is 18.2 Å². The second kappa shape index (κ2) is 4.19. The molecule has 0 aliphatic heterocycles. The first-order chi connectivity index (χ1) is 7.63. The monoisotopic (exact) mass is 240 g/mol. The summed E-state index contributed by atoms with van der Waals surface area (Å²) >= 11 is 1.37. The zero-order chi connectivity index (χ0) is 11.7. The number of carboxylic acids is 1. The van der Waals surface area contributed by atoms with Crippen LogP contribution >= 0.6 is 11.3 Å². The summed E-state index contributed by atoms with van der Waals surface area (Å²) in [5.74, 6) is -1.46. The summed E-state index contributed by atoms with van der Waals surface area (Å²) in [6, 6.07) is 4.31. The van der Waals surface area contributed by atoms with E-state index in [2.05, 4.69) is 0 Å². The maximum Gasteiger partial charge on any atom is 0.337 e. The summed E-state index contributed by atoms with van der Waals surface area (Å²) in [4.78, 5) is 10.9. The first-order valence-corrected chi connectivity index (χ1v) is 5.43. The van der Waals surface area contributed by atoms with Crippen molar-refractivity contribution in [2.24, 2.45) is 0 Å². The molecule has 0 aliphatic carbocycles. The van der Waals surface area contributed by atoms with E-state index in [4.69, 9.17) is 9.84 Å². The molecule has 1 atom stereocenters. The summed E-state index contributed by atoms with van der Waals surface area (Å²) in [7, 11) is 1.32. The molecule has 0 radical (unpaired) electrons. The highest BCUT2D eigenvalue weighted by Crippen LogP contribution is 2.32. The van der Waals surface area contributed by atoms with Gasteiger partial charge in [-0.25, -0.2) is 9.18 Å². The van der Waals surface area contributed by atoms with Gasteiger partial charge in [0.2, 0.25) is 0 Å². The fourth-order valence-corrected chi connectivity index (χ4v) is 2.54. The van der Waals surface area contributed by atoms with E-state index in [0.717, 1.165) is 4.70 Å². The van der Waals surface area contributed by atoms with Crippen molar-refractivity contribution in [3.63, 3.8) is 0 Å². The molecule has 0 aliphatic rings. The van der Waals surface area contributed by atoms with Gasteiger partial charge in [-0.05, 0) is 23.6 Å². The quantitative estimate of drug-likeness (QED) is 0.897. The van der Waals surface area contributed by atoms with Crippen LogP contribution in [0.25, 0.3) is 10.1 Å². The molecule has 1 unspecified atom stereocenters. The fourth-order valence-electron chi connectivity index (χ4n) is 1.58. The Morgan fingerprint density at radius 3 is 2.94 bits per heavy atom. The number of rotatable bonds is 3. The molecule has 2 rings (SSSR count). The Kier molecular flexibility index (Phi) is 2.89. The van der Waals surface area contributed by atoms with Crippen molar-refractivity contribution in [3.8, 4) is 0 Å². The van der Waals surface area contributed by atoms with Gasteiger partial charge in [-0.15, -0.1) is 11.3 Å². The van der Waals surface area contributed by atoms with Crippen molar-refractivity contribution in [1.29, 1.82) is 0 Å². The SMILES string of the molecule is COC(C(=O)O)c1csc2ccc(F)cc12. The fraction of sp³-hybridized carbons (Fsp3) is 0.182. The van der Waals surface area contributed by atoms with Gasteiger partial charge in [-0.1, -0.05) is 0 Å². The van der Waals surface area contributed by atoms with Gasteiger partial charge >= 0.3 is 5.97 Å². The molecule has 84 valence electrons. The van der Waals surface area contributed by atoms with E-state index in [-0.39, 0.29) is 5.82 Å². The van der Waals surface area contributed by atoms with Crippen LogP contribution in [0.1, 0.15) is 11.7 Å². The van der Waals surface area contributed by atoms with Crippen molar-refractivity contribution in [2.45, 2.75) is 6.10 Å². The number of ether oxygens (including phenoxy) is 1. The van der Waals surface area contributed by atoms with Gasteiger partial charge in [0.15, 0.2) is 6.10 Å². The van der Waals surface area contributed by atoms with Crippen LogP contribution in [-0.2, 0) is 9.53 Å². The number of methoxy groups -OCH3 is 1. The van der Waals surface area contributed by atoms with Crippen molar-refractivity contribution >= 4 is 27.4 Å². The number of benzene rings is 1. The van der Waals surface area contributed by atoms with E-state index < -0.39 is 12.1 Å². The van der Waals surface area contributed by atoms with Crippen LogP contribution in [0, 0.1) is 5.82 Å². The second-order valence-corrected chi connectivity index (χ2v) is 4.20. The summed E-state index contributed by atoms with van der Waals surface area (Å²) in [6.07, 6.45) is -1.05. The molecule has 3 nitrogen and oxygen atoms in total. The Hall–Kier alpha value is -1.46. The van der Waals surface area contributed by atoms with Crippen LogP contribution in [0.3, 0.4) is 0 Å². The van der Waals surface area contributed by atoms with Gasteiger partial charge in [0, 0.05) is 22.8 Å². The maximum atomic E-state index is 13.1. The number of hydrogen-bond donors (Lipinski definition) is 1. The standard InChI is InChI=1S/C11H9FO3S/c1-15-10(11(13)14)8-5-16-9-3-2-6(12)4-7(8)9/h2-5,10H,1H3,(H,13,14). The number of halogens is 1. The molecule has 16 heavy (non-hydrogen) atoms. The molecule has 5 heteroatoms. The molecule has 0 fully saturated rings. The smallest absolute Gasteiger partial charge is 0.337 e. The average molecular weight is 240 g/mol. The number of fused-ring (bicyclic) bond motifs is 1. The van der Waals surface area contributed by atoms with Crippen molar-refractivity contribution in [3.05, 3.63) is 35.0 Å². The molecule has 0 saturated carbocycles. The minimum absolute atomic E-state index is 0.382. The highest BCUT2D eigenvalue weighted by atomic mass is 32.1. The molecular formula is C11H9FO3S. The van der Waals surface area contributed by atoms with Gasteiger partial charge in [0.25, 0.3) is 0 Å². The molecule has 0 bridgehead atoms. The van der Waals surface area contributed by atoms with Crippen molar-refractivity contribution in [2.75, 3.05) is 7.11 Å². The molecule has 1 N–H and O–H groups in total. The molecule has 0 spiro atoms. The zero-order valence-corrected chi connectivity index (χ0v) is 9.25. The predicted molar refractivity (Wildman–Crippen MR) is 59.2 cm³/mol. The van der Waals surface area contributed by atoms with E-state index >= 15 is 0 Å². The van der Waals surface area contributed by atoms with Crippen LogP contribution in [0.4, 0.5) is 4.39 Å². The lowest BCUT2D eigenvalue weighted by Gasteiger charge is -2.09. The summed E-state index contributed by atoms with van der Waals surface area (Å²) < 4.78 is 18.8. The summed E-state index contributed by atoms with van der Waals surface area (Å²) in [5.41, 5.74) is 0.495. The number of carbonyl (C=O) groups is 1. The number of thiophene rings is 1. The minimum atomic E-state index is -1.08. The molecule has 1 aromatic heterocycles. The number of hydrogen-bond acceptors (Lipinski definition) is 3. The van der Waals surface area contributed by atoms with Crippen LogP contribution in [0.2, 0.25) is 0 Å². The van der Waals surface area contributed by atoms with Gasteiger partial charge in [0.1, 0.15) is 5.82 Å². The van der Waals surface area contributed by atoms with Gasteiger partial charge in [-0.2, -0.15) is 0 Å². The Morgan fingerprint density at radius 2 is 2.31 bits per heavy atom. The van der Waals surface area contributed by atoms with Gasteiger partial charge in [0.05, 0.1) is 0 Å². The first-order valence-electron chi connectivity index (χ1n) is 4.55. The maximum absolute atomic E-state index is 13.1. The highest BCUT2D eigenvalue weighted by Gasteiger charge is 2.22. The van der Waals surface area contributed by atoms with Gasteiger partial charge < -0.3 is 9.84 Å². The lowest BCUT2D eigenvalue weighted by Crippen LogP contribution is -2.12. The number of aliphatic carboxylic acids is 1. The number of carboxylic acid groups (broad SMARTS) is 1. The Bertz CT molecular complexity index is 535. The summed E-state index contributed by atoms with van der Waals surface area (Å²) in [5, 5.41) is 11.2. The van der Waals surface area contributed by atoms with Crippen molar-refractivity contribution < 1.29 is 19.0 Å². The lowest BCUT2D eigenvalue weighted by atomic mass is 10.1. The Morgan fingerprint density at radius 1 is 1.56 bits per heavy atom. The van der Waals surface area contributed by atoms with E-state index in [1.807, 2.05) is 0 Å². The highest BCUT2D eigenvalue weighted by molar-refractivity contribution is 7.17. The third-order valence-corrected chi connectivity index (χ3v) is 3.29. The van der Waals surface area contributed by atoms with Gasteiger partial charge in [-0.3, -0.25) is 0 Å². The van der Waals surface area contributed by atoms with E-state index in [9.17, 15) is 9.18 Å².